The van der Waals surface area contributed by atoms with Crippen LogP contribution >= 0.6 is 11.8 Å². The molecule has 2 aliphatic rings. The lowest BCUT2D eigenvalue weighted by Crippen LogP contribution is -2.56. The van der Waals surface area contributed by atoms with Gasteiger partial charge in [-0.15, -0.1) is 11.8 Å². The Labute approximate surface area is 154 Å². The number of hydrogen-bond acceptors (Lipinski definition) is 5. The SMILES string of the molecule is CC1(C)SC2c3ccccc3C(=O)N2C1C(=O)NC(CC(N)=O)C(=O)O. The fraction of sp³-hybridized carbons (Fsp3) is 0.412. The van der Waals surface area contributed by atoms with Crippen molar-refractivity contribution in [1.29, 1.82) is 0 Å². The van der Waals surface area contributed by atoms with Crippen LogP contribution in [0.5, 0.6) is 0 Å². The summed E-state index contributed by atoms with van der Waals surface area (Å²) in [6.45, 7) is 3.67. The number of rotatable bonds is 5. The Morgan fingerprint density at radius 1 is 1.35 bits per heavy atom. The molecule has 2 aliphatic heterocycles. The molecule has 138 valence electrons. The van der Waals surface area contributed by atoms with E-state index in [4.69, 9.17) is 5.73 Å². The first-order valence-electron chi connectivity index (χ1n) is 8.04. The van der Waals surface area contributed by atoms with E-state index in [1.165, 1.54) is 16.7 Å². The van der Waals surface area contributed by atoms with Gasteiger partial charge in [0.15, 0.2) is 0 Å². The smallest absolute Gasteiger partial charge is 0.326 e. The second-order valence-electron chi connectivity index (χ2n) is 6.85. The summed E-state index contributed by atoms with van der Waals surface area (Å²) in [7, 11) is 0. The minimum atomic E-state index is -1.43. The Bertz CT molecular complexity index is 809. The van der Waals surface area contributed by atoms with Crippen LogP contribution in [0.2, 0.25) is 0 Å². The second kappa shape index (κ2) is 6.31. The summed E-state index contributed by atoms with van der Waals surface area (Å²) in [4.78, 5) is 49.6. The van der Waals surface area contributed by atoms with E-state index in [1.807, 2.05) is 26.0 Å². The molecule has 1 aromatic carbocycles. The molecule has 0 bridgehead atoms. The highest BCUT2D eigenvalue weighted by Crippen LogP contribution is 2.56. The normalized spacial score (nSPS) is 23.9. The van der Waals surface area contributed by atoms with E-state index in [0.29, 0.717) is 5.56 Å². The molecule has 0 aliphatic carbocycles. The number of hydrogen-bond donors (Lipinski definition) is 3. The lowest BCUT2D eigenvalue weighted by atomic mass is 10.00. The van der Waals surface area contributed by atoms with Crippen molar-refractivity contribution in [2.75, 3.05) is 0 Å². The van der Waals surface area contributed by atoms with Crippen LogP contribution in [0, 0.1) is 0 Å². The standard InChI is InChI=1S/C17H19N3O5S/c1-17(2)12(13(22)19-10(16(24)25)7-11(18)21)20-14(23)8-5-3-4-6-9(8)15(20)26-17/h3-6,10,12,15H,7H2,1-2H3,(H2,18,21)(H,19,22)(H,24,25). The largest absolute Gasteiger partial charge is 0.480 e. The first-order chi connectivity index (χ1) is 12.1. The molecule has 4 N–H and O–H groups in total. The van der Waals surface area contributed by atoms with Crippen LogP contribution in [-0.2, 0) is 14.4 Å². The van der Waals surface area contributed by atoms with Crippen molar-refractivity contribution in [3.05, 3.63) is 35.4 Å². The monoisotopic (exact) mass is 377 g/mol. The molecule has 26 heavy (non-hydrogen) atoms. The van der Waals surface area contributed by atoms with Gasteiger partial charge in [0.2, 0.25) is 11.8 Å². The number of nitrogens with two attached hydrogens (primary N) is 1. The first-order valence-corrected chi connectivity index (χ1v) is 8.92. The zero-order chi connectivity index (χ0) is 19.2. The fourth-order valence-electron chi connectivity index (χ4n) is 3.46. The molecule has 0 aromatic heterocycles. The molecule has 1 saturated heterocycles. The first kappa shape index (κ1) is 18.2. The number of nitrogens with zero attached hydrogens (tertiary/aromatic N) is 1. The maximum Gasteiger partial charge on any atom is 0.326 e. The van der Waals surface area contributed by atoms with Gasteiger partial charge >= 0.3 is 5.97 Å². The third kappa shape index (κ3) is 2.92. The van der Waals surface area contributed by atoms with Crippen LogP contribution < -0.4 is 11.1 Å². The number of primary amides is 1. The summed E-state index contributed by atoms with van der Waals surface area (Å²) in [5.41, 5.74) is 6.45. The number of benzene rings is 1. The molecule has 0 spiro atoms. The van der Waals surface area contributed by atoms with Crippen molar-refractivity contribution in [3.8, 4) is 0 Å². The number of carbonyl (C=O) groups is 4. The Hall–Kier alpha value is -2.55. The number of carboxylic acid groups (broad SMARTS) is 1. The van der Waals surface area contributed by atoms with Crippen molar-refractivity contribution in [2.45, 2.75) is 42.5 Å². The lowest BCUT2D eigenvalue weighted by Gasteiger charge is -2.30. The summed E-state index contributed by atoms with van der Waals surface area (Å²) in [5, 5.41) is 11.3. The highest BCUT2D eigenvalue weighted by Gasteiger charge is 2.57. The van der Waals surface area contributed by atoms with Crippen molar-refractivity contribution >= 4 is 35.5 Å². The number of amides is 3. The average Bonchev–Trinajstić information content (AvgIpc) is 2.97. The molecule has 1 fully saturated rings. The van der Waals surface area contributed by atoms with Crippen LogP contribution in [0.15, 0.2) is 24.3 Å². The van der Waals surface area contributed by atoms with E-state index in [1.54, 1.807) is 12.1 Å². The van der Waals surface area contributed by atoms with Gasteiger partial charge in [0.1, 0.15) is 17.5 Å². The molecule has 2 heterocycles. The van der Waals surface area contributed by atoms with E-state index in [2.05, 4.69) is 5.32 Å². The molecular weight excluding hydrogens is 358 g/mol. The van der Waals surface area contributed by atoms with Gasteiger partial charge < -0.3 is 21.1 Å². The summed E-state index contributed by atoms with van der Waals surface area (Å²) in [6, 6.07) is 4.87. The summed E-state index contributed by atoms with van der Waals surface area (Å²) < 4.78 is -0.631. The quantitative estimate of drug-likeness (QED) is 0.684. The Morgan fingerprint density at radius 3 is 2.62 bits per heavy atom. The topological polar surface area (TPSA) is 130 Å². The molecule has 3 rings (SSSR count). The predicted octanol–water partition coefficient (Wildman–Crippen LogP) is 0.480. The van der Waals surface area contributed by atoms with E-state index in [0.717, 1.165) is 5.56 Å². The Balaban J connectivity index is 1.89. The van der Waals surface area contributed by atoms with E-state index in [-0.39, 0.29) is 11.3 Å². The van der Waals surface area contributed by atoms with Gasteiger partial charge in [-0.25, -0.2) is 4.79 Å². The van der Waals surface area contributed by atoms with Crippen LogP contribution in [0.3, 0.4) is 0 Å². The Morgan fingerprint density at radius 2 is 2.00 bits per heavy atom. The van der Waals surface area contributed by atoms with Crippen molar-refractivity contribution in [3.63, 3.8) is 0 Å². The molecular formula is C17H19N3O5S. The fourth-order valence-corrected chi connectivity index (χ4v) is 5.04. The van der Waals surface area contributed by atoms with Gasteiger partial charge in [-0.3, -0.25) is 14.4 Å². The van der Waals surface area contributed by atoms with Crippen LogP contribution in [0.25, 0.3) is 0 Å². The van der Waals surface area contributed by atoms with E-state index >= 15 is 0 Å². The molecule has 0 saturated carbocycles. The molecule has 0 radical (unpaired) electrons. The predicted molar refractivity (Wildman–Crippen MR) is 94.2 cm³/mol. The van der Waals surface area contributed by atoms with Crippen LogP contribution in [-0.4, -0.2) is 50.5 Å². The van der Waals surface area contributed by atoms with Gasteiger partial charge in [0.25, 0.3) is 5.91 Å². The van der Waals surface area contributed by atoms with Crippen molar-refractivity contribution in [1.82, 2.24) is 10.2 Å². The van der Waals surface area contributed by atoms with Crippen molar-refractivity contribution in [2.24, 2.45) is 5.73 Å². The van der Waals surface area contributed by atoms with Gasteiger partial charge in [-0.05, 0) is 25.5 Å². The lowest BCUT2D eigenvalue weighted by molar-refractivity contribution is -0.144. The number of nitrogens with one attached hydrogen (secondary N) is 1. The van der Waals surface area contributed by atoms with E-state index < -0.39 is 41.0 Å². The minimum absolute atomic E-state index is 0.259. The number of carboxylic acids is 1. The second-order valence-corrected chi connectivity index (χ2v) is 8.58. The average molecular weight is 377 g/mol. The number of carbonyl (C=O) groups excluding carboxylic acids is 3. The third-order valence-electron chi connectivity index (χ3n) is 4.56. The number of thioether (sulfide) groups is 1. The molecule has 3 unspecified atom stereocenters. The highest BCUT2D eigenvalue weighted by molar-refractivity contribution is 8.01. The maximum atomic E-state index is 12.9. The molecule has 9 heteroatoms. The van der Waals surface area contributed by atoms with Crippen molar-refractivity contribution < 1.29 is 24.3 Å². The van der Waals surface area contributed by atoms with Crippen LogP contribution in [0.1, 0.15) is 41.6 Å². The van der Waals surface area contributed by atoms with Gasteiger partial charge in [-0.1, -0.05) is 18.2 Å². The molecule has 8 nitrogen and oxygen atoms in total. The molecule has 1 aromatic rings. The molecule has 3 amide bonds. The summed E-state index contributed by atoms with van der Waals surface area (Å²) in [6.07, 6.45) is -0.515. The van der Waals surface area contributed by atoms with Gasteiger partial charge in [0, 0.05) is 10.3 Å². The third-order valence-corrected chi connectivity index (χ3v) is 6.10. The zero-order valence-electron chi connectivity index (χ0n) is 14.3. The maximum absolute atomic E-state index is 12.9. The zero-order valence-corrected chi connectivity index (χ0v) is 15.1. The summed E-state index contributed by atoms with van der Waals surface area (Å²) >= 11 is 1.48. The number of fused-ring (bicyclic) bond motifs is 3. The van der Waals surface area contributed by atoms with Gasteiger partial charge in [0.05, 0.1) is 6.42 Å². The molecule has 3 atom stereocenters. The highest BCUT2D eigenvalue weighted by atomic mass is 32.2. The Kier molecular flexibility index (Phi) is 4.43. The minimum Gasteiger partial charge on any atom is -0.480 e. The summed E-state index contributed by atoms with van der Waals surface area (Å²) in [5.74, 6) is -3.06. The van der Waals surface area contributed by atoms with E-state index in [9.17, 15) is 24.3 Å². The number of aliphatic carboxylic acids is 1. The van der Waals surface area contributed by atoms with Gasteiger partial charge in [-0.2, -0.15) is 0 Å². The van der Waals surface area contributed by atoms with Crippen LogP contribution in [0.4, 0.5) is 0 Å².